The molecule has 1 heterocycles. The van der Waals surface area contributed by atoms with Gasteiger partial charge in [0.05, 0.1) is 18.8 Å². The Balaban J connectivity index is 2.30. The van der Waals surface area contributed by atoms with Crippen molar-refractivity contribution in [3.8, 4) is 5.75 Å². The van der Waals surface area contributed by atoms with Crippen LogP contribution < -0.4 is 0 Å². The Morgan fingerprint density at radius 1 is 1.44 bits per heavy atom. The molecule has 0 aliphatic carbocycles. The van der Waals surface area contributed by atoms with Crippen molar-refractivity contribution in [2.45, 2.75) is 26.3 Å². The van der Waals surface area contributed by atoms with E-state index in [9.17, 15) is 9.90 Å². The maximum absolute atomic E-state index is 12.5. The minimum Gasteiger partial charge on any atom is -0.508 e. The van der Waals surface area contributed by atoms with E-state index in [1.165, 1.54) is 0 Å². The monoisotopic (exact) mass is 249 g/mol. The normalized spacial score (nSPS) is 18.7. The maximum atomic E-state index is 12.5. The summed E-state index contributed by atoms with van der Waals surface area (Å²) in [5.41, 5.74) is 1.14. The summed E-state index contributed by atoms with van der Waals surface area (Å²) in [6.45, 7) is 7.56. The van der Waals surface area contributed by atoms with Gasteiger partial charge in [-0.15, -0.1) is 0 Å². The molecule has 1 aliphatic rings. The molecule has 1 saturated heterocycles. The van der Waals surface area contributed by atoms with Crippen LogP contribution in [0.4, 0.5) is 0 Å². The Hall–Kier alpha value is -1.55. The van der Waals surface area contributed by atoms with Crippen LogP contribution in [0.1, 0.15) is 29.8 Å². The first-order valence-electron chi connectivity index (χ1n) is 6.11. The molecule has 1 N–H and O–H groups in total. The average Bonchev–Trinajstić information content (AvgIpc) is 2.27. The summed E-state index contributed by atoms with van der Waals surface area (Å²) >= 11 is 0. The number of benzene rings is 1. The number of hydrogen-bond donors (Lipinski definition) is 1. The summed E-state index contributed by atoms with van der Waals surface area (Å²) in [6, 6.07) is 4.84. The van der Waals surface area contributed by atoms with Crippen LogP contribution in [0.25, 0.3) is 0 Å². The molecule has 1 amide bonds. The number of aromatic hydroxyl groups is 1. The predicted octanol–water partition coefficient (Wildman–Crippen LogP) is 1.95. The lowest BCUT2D eigenvalue weighted by Crippen LogP contribution is -2.55. The lowest BCUT2D eigenvalue weighted by atomic mass is 9.99. The van der Waals surface area contributed by atoms with Crippen LogP contribution in [0.15, 0.2) is 18.2 Å². The smallest absolute Gasteiger partial charge is 0.254 e. The summed E-state index contributed by atoms with van der Waals surface area (Å²) in [5, 5.41) is 9.39. The second-order valence-electron chi connectivity index (χ2n) is 5.32. The molecule has 2 rings (SSSR count). The number of carbonyl (C=O) groups excluding carboxylic acids is 1. The van der Waals surface area contributed by atoms with Crippen molar-refractivity contribution in [2.75, 3.05) is 19.8 Å². The zero-order chi connectivity index (χ0) is 13.3. The Labute approximate surface area is 107 Å². The quantitative estimate of drug-likeness (QED) is 0.827. The zero-order valence-corrected chi connectivity index (χ0v) is 11.1. The molecular formula is C14H19NO3. The van der Waals surface area contributed by atoms with Crippen molar-refractivity contribution in [1.82, 2.24) is 4.90 Å². The molecule has 1 aromatic rings. The van der Waals surface area contributed by atoms with Crippen LogP contribution in [-0.2, 0) is 4.74 Å². The number of rotatable bonds is 1. The van der Waals surface area contributed by atoms with E-state index >= 15 is 0 Å². The molecule has 0 bridgehead atoms. The summed E-state index contributed by atoms with van der Waals surface area (Å²) in [7, 11) is 0. The van der Waals surface area contributed by atoms with Gasteiger partial charge < -0.3 is 14.7 Å². The molecule has 0 aromatic heterocycles. The number of ether oxygens (including phenoxy) is 1. The molecule has 1 aliphatic heterocycles. The number of morpholine rings is 1. The molecule has 0 radical (unpaired) electrons. The lowest BCUT2D eigenvalue weighted by molar-refractivity contribution is -0.0370. The van der Waals surface area contributed by atoms with Crippen LogP contribution in [0.5, 0.6) is 5.75 Å². The highest BCUT2D eigenvalue weighted by molar-refractivity contribution is 5.96. The standard InChI is InChI=1S/C14H19NO3/c1-10-8-11(16)4-5-12(10)13(17)15-6-7-18-9-14(15,2)3/h4-5,8,16H,6-7,9H2,1-3H3. The third-order valence-electron chi connectivity index (χ3n) is 3.33. The van der Waals surface area contributed by atoms with Crippen LogP contribution in [0.3, 0.4) is 0 Å². The first-order valence-corrected chi connectivity index (χ1v) is 6.11. The molecule has 0 spiro atoms. The highest BCUT2D eigenvalue weighted by Crippen LogP contribution is 2.24. The fraction of sp³-hybridized carbons (Fsp3) is 0.500. The molecule has 0 unspecified atom stereocenters. The van der Waals surface area contributed by atoms with E-state index in [1.807, 2.05) is 25.7 Å². The molecule has 4 nitrogen and oxygen atoms in total. The highest BCUT2D eigenvalue weighted by atomic mass is 16.5. The third kappa shape index (κ3) is 2.34. The van der Waals surface area contributed by atoms with E-state index in [2.05, 4.69) is 0 Å². The zero-order valence-electron chi connectivity index (χ0n) is 11.1. The highest BCUT2D eigenvalue weighted by Gasteiger charge is 2.34. The van der Waals surface area contributed by atoms with Crippen molar-refractivity contribution in [3.05, 3.63) is 29.3 Å². The molecule has 4 heteroatoms. The average molecular weight is 249 g/mol. The van der Waals surface area contributed by atoms with Crippen molar-refractivity contribution >= 4 is 5.91 Å². The number of phenols is 1. The predicted molar refractivity (Wildman–Crippen MR) is 68.8 cm³/mol. The van der Waals surface area contributed by atoms with E-state index in [1.54, 1.807) is 18.2 Å². The van der Waals surface area contributed by atoms with Gasteiger partial charge in [-0.05, 0) is 44.5 Å². The van der Waals surface area contributed by atoms with E-state index < -0.39 is 0 Å². The van der Waals surface area contributed by atoms with Gasteiger partial charge in [0.1, 0.15) is 5.75 Å². The molecule has 0 saturated carbocycles. The van der Waals surface area contributed by atoms with Crippen LogP contribution >= 0.6 is 0 Å². The topological polar surface area (TPSA) is 49.8 Å². The number of hydrogen-bond acceptors (Lipinski definition) is 3. The van der Waals surface area contributed by atoms with Gasteiger partial charge in [-0.2, -0.15) is 0 Å². The van der Waals surface area contributed by atoms with Crippen molar-refractivity contribution in [1.29, 1.82) is 0 Å². The Bertz CT molecular complexity index is 468. The Morgan fingerprint density at radius 3 is 2.78 bits per heavy atom. The van der Waals surface area contributed by atoms with Crippen LogP contribution in [-0.4, -0.2) is 41.2 Å². The first-order chi connectivity index (χ1) is 8.42. The summed E-state index contributed by atoms with van der Waals surface area (Å²) in [4.78, 5) is 14.4. The van der Waals surface area contributed by atoms with Gasteiger partial charge in [-0.3, -0.25) is 4.79 Å². The van der Waals surface area contributed by atoms with Gasteiger partial charge in [-0.1, -0.05) is 0 Å². The van der Waals surface area contributed by atoms with Gasteiger partial charge in [0.2, 0.25) is 0 Å². The minimum absolute atomic E-state index is 0.000741. The minimum atomic E-state index is -0.292. The molecule has 18 heavy (non-hydrogen) atoms. The van der Waals surface area contributed by atoms with E-state index in [0.717, 1.165) is 5.56 Å². The number of amides is 1. The van der Waals surface area contributed by atoms with Crippen LogP contribution in [0.2, 0.25) is 0 Å². The van der Waals surface area contributed by atoms with Gasteiger partial charge in [-0.25, -0.2) is 0 Å². The molecule has 1 aromatic carbocycles. The second-order valence-corrected chi connectivity index (χ2v) is 5.32. The van der Waals surface area contributed by atoms with Gasteiger partial charge in [0, 0.05) is 12.1 Å². The van der Waals surface area contributed by atoms with E-state index in [-0.39, 0.29) is 17.2 Å². The summed E-state index contributed by atoms with van der Waals surface area (Å²) in [6.07, 6.45) is 0. The number of nitrogens with zero attached hydrogens (tertiary/aromatic N) is 1. The maximum Gasteiger partial charge on any atom is 0.254 e. The first kappa shape index (κ1) is 12.9. The van der Waals surface area contributed by atoms with Gasteiger partial charge in [0.15, 0.2) is 0 Å². The number of phenolic OH excluding ortho intramolecular Hbond substituents is 1. The molecular weight excluding hydrogens is 230 g/mol. The van der Waals surface area contributed by atoms with Gasteiger partial charge >= 0.3 is 0 Å². The van der Waals surface area contributed by atoms with E-state index in [0.29, 0.717) is 25.3 Å². The van der Waals surface area contributed by atoms with Crippen molar-refractivity contribution < 1.29 is 14.6 Å². The number of carbonyl (C=O) groups is 1. The van der Waals surface area contributed by atoms with Crippen molar-refractivity contribution in [3.63, 3.8) is 0 Å². The van der Waals surface area contributed by atoms with Gasteiger partial charge in [0.25, 0.3) is 5.91 Å². The SMILES string of the molecule is Cc1cc(O)ccc1C(=O)N1CCOCC1(C)C. The third-order valence-corrected chi connectivity index (χ3v) is 3.33. The summed E-state index contributed by atoms with van der Waals surface area (Å²) in [5.74, 6) is 0.186. The number of aryl methyl sites for hydroxylation is 1. The fourth-order valence-electron chi connectivity index (χ4n) is 2.27. The lowest BCUT2D eigenvalue weighted by Gasteiger charge is -2.42. The van der Waals surface area contributed by atoms with Crippen LogP contribution in [0, 0.1) is 6.92 Å². The van der Waals surface area contributed by atoms with E-state index in [4.69, 9.17) is 4.74 Å². The fourth-order valence-corrected chi connectivity index (χ4v) is 2.27. The molecule has 1 fully saturated rings. The second kappa shape index (κ2) is 4.61. The molecule has 0 atom stereocenters. The summed E-state index contributed by atoms with van der Waals surface area (Å²) < 4.78 is 5.42. The Morgan fingerprint density at radius 2 is 2.17 bits per heavy atom. The largest absolute Gasteiger partial charge is 0.508 e. The molecule has 98 valence electrons. The van der Waals surface area contributed by atoms with Crippen molar-refractivity contribution in [2.24, 2.45) is 0 Å². The Kier molecular flexibility index (Phi) is 3.30.